The van der Waals surface area contributed by atoms with Gasteiger partial charge in [-0.1, -0.05) is 182 Å². The predicted molar refractivity (Wildman–Crippen MR) is 247 cm³/mol. The van der Waals surface area contributed by atoms with Gasteiger partial charge in [0.25, 0.3) is 0 Å². The van der Waals surface area contributed by atoms with Crippen LogP contribution in [0.15, 0.2) is 219 Å². The number of pyridine rings is 1. The minimum Gasteiger partial charge on any atom is -0.264 e. The van der Waals surface area contributed by atoms with Crippen LogP contribution in [0, 0.1) is 0 Å². The van der Waals surface area contributed by atoms with E-state index in [1.807, 2.05) is 30.5 Å². The normalized spacial score (nSPS) is 14.2. The van der Waals surface area contributed by atoms with E-state index in [9.17, 15) is 0 Å². The zero-order valence-corrected chi connectivity index (χ0v) is 33.1. The van der Waals surface area contributed by atoms with E-state index in [0.29, 0.717) is 5.82 Å². The van der Waals surface area contributed by atoms with Gasteiger partial charge in [0.15, 0.2) is 5.82 Å². The van der Waals surface area contributed by atoms with Crippen molar-refractivity contribution in [1.29, 1.82) is 0 Å². The van der Waals surface area contributed by atoms with Gasteiger partial charge in [-0.15, -0.1) is 0 Å². The van der Waals surface area contributed by atoms with Gasteiger partial charge in [0.05, 0.1) is 11.4 Å². The Kier molecular flexibility index (Phi) is 8.60. The van der Waals surface area contributed by atoms with E-state index in [4.69, 9.17) is 9.97 Å². The Hall–Kier alpha value is -7.75. The van der Waals surface area contributed by atoms with Crippen LogP contribution in [0.1, 0.15) is 23.6 Å². The molecule has 1 aliphatic carbocycles. The molecule has 11 rings (SSSR count). The number of benzene rings is 8. The highest BCUT2D eigenvalue weighted by Gasteiger charge is 2.40. The standard InChI is InChI=1S/C57H39N3/c1-57(45-19-6-3-7-20-45)52-24-11-10-23-49(52)50-30-29-42(35-53(50)57)41-16-12-17-43(34-41)46-31-32-51(48-22-9-8-21-47(46)48)55-36-54(59-56(60-55)40-14-4-2-5-15-40)39-27-25-38(26-28-39)44-18-13-33-58-37-44/h2-37H,1H3. The highest BCUT2D eigenvalue weighted by atomic mass is 14.9. The lowest BCUT2D eigenvalue weighted by Crippen LogP contribution is -2.22. The molecule has 0 bridgehead atoms. The number of hydrogen-bond acceptors (Lipinski definition) is 3. The molecule has 2 heterocycles. The molecule has 0 radical (unpaired) electrons. The van der Waals surface area contributed by atoms with E-state index < -0.39 is 0 Å². The molecule has 3 heteroatoms. The van der Waals surface area contributed by atoms with Crippen LogP contribution in [0.2, 0.25) is 0 Å². The van der Waals surface area contributed by atoms with Gasteiger partial charge in [0.2, 0.25) is 0 Å². The molecule has 0 saturated heterocycles. The lowest BCUT2D eigenvalue weighted by atomic mass is 9.74. The van der Waals surface area contributed by atoms with Crippen molar-refractivity contribution in [3.05, 3.63) is 235 Å². The third kappa shape index (κ3) is 6.02. The largest absolute Gasteiger partial charge is 0.264 e. The van der Waals surface area contributed by atoms with Crippen LogP contribution in [-0.4, -0.2) is 15.0 Å². The molecule has 8 aromatic carbocycles. The average Bonchev–Trinajstić information content (AvgIpc) is 3.59. The fraction of sp³-hybridized carbons (Fsp3) is 0.0351. The molecule has 0 fully saturated rings. The minimum absolute atomic E-state index is 0.253. The first-order valence-electron chi connectivity index (χ1n) is 20.5. The minimum atomic E-state index is -0.253. The smallest absolute Gasteiger partial charge is 0.160 e. The van der Waals surface area contributed by atoms with Crippen LogP contribution in [0.25, 0.3) is 89.2 Å². The first kappa shape index (κ1) is 35.4. The summed E-state index contributed by atoms with van der Waals surface area (Å²) < 4.78 is 0. The Morgan fingerprint density at radius 1 is 0.350 bits per heavy atom. The molecule has 3 nitrogen and oxygen atoms in total. The maximum atomic E-state index is 5.23. The van der Waals surface area contributed by atoms with Gasteiger partial charge in [-0.25, -0.2) is 9.97 Å². The fourth-order valence-corrected chi connectivity index (χ4v) is 9.21. The summed E-state index contributed by atoms with van der Waals surface area (Å²) in [4.78, 5) is 14.7. The lowest BCUT2D eigenvalue weighted by molar-refractivity contribution is 0.714. The van der Waals surface area contributed by atoms with Crippen molar-refractivity contribution in [3.8, 4) is 78.4 Å². The van der Waals surface area contributed by atoms with Crippen LogP contribution >= 0.6 is 0 Å². The molecule has 1 unspecified atom stereocenters. The number of fused-ring (bicyclic) bond motifs is 4. The van der Waals surface area contributed by atoms with Crippen molar-refractivity contribution in [2.45, 2.75) is 12.3 Å². The van der Waals surface area contributed by atoms with E-state index in [0.717, 1.165) is 44.6 Å². The Morgan fingerprint density at radius 2 is 0.933 bits per heavy atom. The SMILES string of the molecule is CC1(c2ccccc2)c2ccccc2-c2ccc(-c3cccc(-c4ccc(-c5cc(-c6ccc(-c7cccnc7)cc6)nc(-c6ccccc6)n5)c5ccccc45)c3)cc21. The van der Waals surface area contributed by atoms with Crippen LogP contribution in [-0.2, 0) is 5.41 Å². The number of nitrogens with zero attached hydrogens (tertiary/aromatic N) is 3. The Labute approximate surface area is 350 Å². The van der Waals surface area contributed by atoms with Crippen molar-refractivity contribution < 1.29 is 0 Å². The topological polar surface area (TPSA) is 38.7 Å². The molecule has 0 amide bonds. The van der Waals surface area contributed by atoms with Gasteiger partial charge in [0.1, 0.15) is 0 Å². The molecule has 0 saturated carbocycles. The second-order valence-electron chi connectivity index (χ2n) is 15.7. The second-order valence-corrected chi connectivity index (χ2v) is 15.7. The van der Waals surface area contributed by atoms with Crippen molar-refractivity contribution in [2.24, 2.45) is 0 Å². The third-order valence-electron chi connectivity index (χ3n) is 12.3. The summed E-state index contributed by atoms with van der Waals surface area (Å²) in [6, 6.07) is 74.0. The second kappa shape index (κ2) is 14.6. The molecule has 0 N–H and O–H groups in total. The Balaban J connectivity index is 1.00. The van der Waals surface area contributed by atoms with Crippen molar-refractivity contribution in [2.75, 3.05) is 0 Å². The molecule has 282 valence electrons. The molecule has 1 aliphatic rings. The Bertz CT molecular complexity index is 3190. The summed E-state index contributed by atoms with van der Waals surface area (Å²) in [5.74, 6) is 0.695. The van der Waals surface area contributed by atoms with Crippen molar-refractivity contribution in [1.82, 2.24) is 15.0 Å². The molecule has 10 aromatic rings. The lowest BCUT2D eigenvalue weighted by Gasteiger charge is -2.28. The molecule has 1 atom stereocenters. The summed E-state index contributed by atoms with van der Waals surface area (Å²) in [7, 11) is 0. The number of rotatable bonds is 7. The maximum Gasteiger partial charge on any atom is 0.160 e. The highest BCUT2D eigenvalue weighted by molar-refractivity contribution is 6.05. The monoisotopic (exact) mass is 765 g/mol. The van der Waals surface area contributed by atoms with Gasteiger partial charge in [-0.3, -0.25) is 4.98 Å². The van der Waals surface area contributed by atoms with Gasteiger partial charge in [-0.05, 0) is 103 Å². The van der Waals surface area contributed by atoms with Crippen LogP contribution in [0.5, 0.6) is 0 Å². The summed E-state index contributed by atoms with van der Waals surface area (Å²) in [6.07, 6.45) is 3.69. The number of hydrogen-bond donors (Lipinski definition) is 0. The highest BCUT2D eigenvalue weighted by Crippen LogP contribution is 2.53. The molecular formula is C57H39N3. The van der Waals surface area contributed by atoms with Gasteiger partial charge in [0, 0.05) is 34.5 Å². The molecule has 2 aromatic heterocycles. The third-order valence-corrected chi connectivity index (χ3v) is 12.3. The maximum absolute atomic E-state index is 5.23. The van der Waals surface area contributed by atoms with Crippen molar-refractivity contribution >= 4 is 10.8 Å². The Morgan fingerprint density at radius 3 is 1.73 bits per heavy atom. The summed E-state index contributed by atoms with van der Waals surface area (Å²) >= 11 is 0. The summed E-state index contributed by atoms with van der Waals surface area (Å²) in [5, 5.41) is 2.32. The van der Waals surface area contributed by atoms with E-state index in [1.165, 1.54) is 55.5 Å². The molecular weight excluding hydrogens is 727 g/mol. The first-order chi connectivity index (χ1) is 29.6. The predicted octanol–water partition coefficient (Wildman–Crippen LogP) is 14.4. The van der Waals surface area contributed by atoms with Gasteiger partial charge in [-0.2, -0.15) is 0 Å². The molecule has 60 heavy (non-hydrogen) atoms. The van der Waals surface area contributed by atoms with Gasteiger partial charge < -0.3 is 0 Å². The van der Waals surface area contributed by atoms with E-state index in [-0.39, 0.29) is 5.41 Å². The quantitative estimate of drug-likeness (QED) is 0.162. The zero-order valence-electron chi connectivity index (χ0n) is 33.1. The van der Waals surface area contributed by atoms with E-state index in [1.54, 1.807) is 6.20 Å². The van der Waals surface area contributed by atoms with Crippen LogP contribution in [0.3, 0.4) is 0 Å². The van der Waals surface area contributed by atoms with Crippen molar-refractivity contribution in [3.63, 3.8) is 0 Å². The molecule has 0 spiro atoms. The fourth-order valence-electron chi connectivity index (χ4n) is 9.21. The zero-order chi connectivity index (χ0) is 40.0. The van der Waals surface area contributed by atoms with E-state index in [2.05, 4.69) is 194 Å². The molecule has 0 aliphatic heterocycles. The van der Waals surface area contributed by atoms with Crippen LogP contribution < -0.4 is 0 Å². The summed E-state index contributed by atoms with van der Waals surface area (Å²) in [5.41, 5.74) is 18.2. The van der Waals surface area contributed by atoms with Crippen LogP contribution in [0.4, 0.5) is 0 Å². The van der Waals surface area contributed by atoms with Gasteiger partial charge >= 0.3 is 0 Å². The van der Waals surface area contributed by atoms with E-state index >= 15 is 0 Å². The average molecular weight is 766 g/mol. The first-order valence-corrected chi connectivity index (χ1v) is 20.5. The summed E-state index contributed by atoms with van der Waals surface area (Å²) in [6.45, 7) is 2.38. The number of aromatic nitrogens is 3.